The lowest BCUT2D eigenvalue weighted by Crippen LogP contribution is -2.05. The molecule has 0 bridgehead atoms. The Morgan fingerprint density at radius 2 is 2.10 bits per heavy atom. The van der Waals surface area contributed by atoms with Gasteiger partial charge in [-0.3, -0.25) is 0 Å². The smallest absolute Gasteiger partial charge is 0.368 e. The highest BCUT2D eigenvalue weighted by atomic mass is 32.1. The lowest BCUT2D eigenvalue weighted by Gasteiger charge is -2.04. The van der Waals surface area contributed by atoms with E-state index in [-0.39, 0.29) is 0 Å². The second kappa shape index (κ2) is 5.30. The summed E-state index contributed by atoms with van der Waals surface area (Å²) in [6.07, 6.45) is 1.74. The van der Waals surface area contributed by atoms with Crippen LogP contribution < -0.4 is 4.74 Å². The average Bonchev–Trinajstić information content (AvgIpc) is 3.10. The van der Waals surface area contributed by atoms with Crippen LogP contribution in [0.3, 0.4) is 0 Å². The SMILES string of the molecule is COc1ccccc1/C=C1\C(=O)ON=C1c1cccs1. The van der Waals surface area contributed by atoms with Crippen LogP contribution >= 0.6 is 11.3 Å². The number of oxime groups is 1. The normalized spacial score (nSPS) is 16.1. The Morgan fingerprint density at radius 1 is 1.25 bits per heavy atom. The van der Waals surface area contributed by atoms with Gasteiger partial charge >= 0.3 is 5.97 Å². The Labute approximate surface area is 119 Å². The molecular formula is C15H11NO3S. The maximum atomic E-state index is 11.8. The van der Waals surface area contributed by atoms with Gasteiger partial charge in [-0.05, 0) is 23.6 Å². The second-order valence-electron chi connectivity index (χ2n) is 4.10. The molecule has 2 aromatic rings. The summed E-state index contributed by atoms with van der Waals surface area (Å²) >= 11 is 1.51. The van der Waals surface area contributed by atoms with Gasteiger partial charge in [0.1, 0.15) is 11.5 Å². The van der Waals surface area contributed by atoms with Crippen LogP contribution in [0.1, 0.15) is 10.4 Å². The summed E-state index contributed by atoms with van der Waals surface area (Å²) in [5.74, 6) is 0.254. The number of hydrogen-bond acceptors (Lipinski definition) is 5. The lowest BCUT2D eigenvalue weighted by atomic mass is 10.1. The standard InChI is InChI=1S/C15H11NO3S/c1-18-12-6-3-2-5-10(12)9-11-14(16-19-15(11)17)13-7-4-8-20-13/h2-9H,1H3/b11-9-. The van der Waals surface area contributed by atoms with Crippen LogP contribution in [0.15, 0.2) is 52.5 Å². The minimum atomic E-state index is -0.445. The van der Waals surface area contributed by atoms with E-state index >= 15 is 0 Å². The van der Waals surface area contributed by atoms with Crippen LogP contribution in [0.5, 0.6) is 5.75 Å². The predicted octanol–water partition coefficient (Wildman–Crippen LogP) is 3.10. The molecule has 2 heterocycles. The van der Waals surface area contributed by atoms with E-state index in [4.69, 9.17) is 9.57 Å². The molecule has 20 heavy (non-hydrogen) atoms. The largest absolute Gasteiger partial charge is 0.496 e. The Bertz CT molecular complexity index is 702. The number of thiophene rings is 1. The van der Waals surface area contributed by atoms with E-state index in [9.17, 15) is 4.79 Å². The van der Waals surface area contributed by atoms with Crippen molar-refractivity contribution in [2.24, 2.45) is 5.16 Å². The van der Waals surface area contributed by atoms with Crippen LogP contribution in [0, 0.1) is 0 Å². The van der Waals surface area contributed by atoms with Gasteiger partial charge in [-0.25, -0.2) is 4.79 Å². The van der Waals surface area contributed by atoms with Crippen molar-refractivity contribution in [2.45, 2.75) is 0 Å². The number of ether oxygens (including phenoxy) is 1. The van der Waals surface area contributed by atoms with Crippen LogP contribution in [0.2, 0.25) is 0 Å². The molecule has 0 unspecified atom stereocenters. The summed E-state index contributed by atoms with van der Waals surface area (Å²) in [5.41, 5.74) is 1.82. The molecule has 1 aliphatic rings. The van der Waals surface area contributed by atoms with E-state index in [0.717, 1.165) is 10.4 Å². The number of carbonyl (C=O) groups is 1. The van der Waals surface area contributed by atoms with Crippen molar-refractivity contribution in [3.05, 3.63) is 57.8 Å². The first-order chi connectivity index (χ1) is 9.79. The molecule has 100 valence electrons. The first-order valence-electron chi connectivity index (χ1n) is 5.98. The first-order valence-corrected chi connectivity index (χ1v) is 6.86. The molecule has 4 nitrogen and oxygen atoms in total. The molecule has 0 fully saturated rings. The van der Waals surface area contributed by atoms with Crippen molar-refractivity contribution < 1.29 is 14.4 Å². The van der Waals surface area contributed by atoms with E-state index in [0.29, 0.717) is 17.0 Å². The topological polar surface area (TPSA) is 47.9 Å². The van der Waals surface area contributed by atoms with Crippen LogP contribution in [0.25, 0.3) is 6.08 Å². The summed E-state index contributed by atoms with van der Waals surface area (Å²) in [6, 6.07) is 11.3. The van der Waals surface area contributed by atoms with E-state index in [2.05, 4.69) is 5.16 Å². The number of para-hydroxylation sites is 1. The molecular weight excluding hydrogens is 274 g/mol. The summed E-state index contributed by atoms with van der Waals surface area (Å²) < 4.78 is 5.28. The van der Waals surface area contributed by atoms with E-state index in [1.165, 1.54) is 11.3 Å². The highest BCUT2D eigenvalue weighted by Crippen LogP contribution is 2.26. The van der Waals surface area contributed by atoms with Gasteiger partial charge in [0.15, 0.2) is 0 Å². The number of rotatable bonds is 3. The highest BCUT2D eigenvalue weighted by Gasteiger charge is 2.27. The van der Waals surface area contributed by atoms with Gasteiger partial charge in [0.25, 0.3) is 0 Å². The van der Waals surface area contributed by atoms with Gasteiger partial charge in [0.05, 0.1) is 17.6 Å². The van der Waals surface area contributed by atoms with E-state index in [1.807, 2.05) is 41.8 Å². The fourth-order valence-corrected chi connectivity index (χ4v) is 2.66. The minimum absolute atomic E-state index is 0.442. The van der Waals surface area contributed by atoms with Crippen molar-refractivity contribution in [1.82, 2.24) is 0 Å². The van der Waals surface area contributed by atoms with E-state index in [1.54, 1.807) is 13.2 Å². The molecule has 0 N–H and O–H groups in total. The zero-order chi connectivity index (χ0) is 13.9. The van der Waals surface area contributed by atoms with Gasteiger partial charge in [0, 0.05) is 5.56 Å². The number of benzene rings is 1. The molecule has 0 aliphatic carbocycles. The van der Waals surface area contributed by atoms with Crippen molar-refractivity contribution in [1.29, 1.82) is 0 Å². The molecule has 0 saturated heterocycles. The fraction of sp³-hybridized carbons (Fsp3) is 0.0667. The van der Waals surface area contributed by atoms with Gasteiger partial charge in [-0.15, -0.1) is 11.3 Å². The molecule has 0 amide bonds. The van der Waals surface area contributed by atoms with Crippen molar-refractivity contribution in [3.8, 4) is 5.75 Å². The van der Waals surface area contributed by atoms with Gasteiger partial charge in [0.2, 0.25) is 0 Å². The second-order valence-corrected chi connectivity index (χ2v) is 5.04. The quantitative estimate of drug-likeness (QED) is 0.643. The molecule has 1 aromatic heterocycles. The van der Waals surface area contributed by atoms with Crippen molar-refractivity contribution in [3.63, 3.8) is 0 Å². The molecule has 1 aromatic carbocycles. The molecule has 5 heteroatoms. The molecule has 0 radical (unpaired) electrons. The lowest BCUT2D eigenvalue weighted by molar-refractivity contribution is -0.136. The zero-order valence-electron chi connectivity index (χ0n) is 10.7. The van der Waals surface area contributed by atoms with Gasteiger partial charge < -0.3 is 9.57 Å². The van der Waals surface area contributed by atoms with Gasteiger partial charge in [-0.1, -0.05) is 29.4 Å². The number of hydrogen-bond donors (Lipinski definition) is 0. The molecule has 1 aliphatic heterocycles. The Balaban J connectivity index is 2.05. The van der Waals surface area contributed by atoms with Crippen LogP contribution in [-0.2, 0) is 9.63 Å². The van der Waals surface area contributed by atoms with Crippen molar-refractivity contribution >= 4 is 29.1 Å². The number of carbonyl (C=O) groups excluding carboxylic acids is 1. The Morgan fingerprint density at radius 3 is 2.85 bits per heavy atom. The first kappa shape index (κ1) is 12.6. The minimum Gasteiger partial charge on any atom is -0.496 e. The zero-order valence-corrected chi connectivity index (χ0v) is 11.5. The highest BCUT2D eigenvalue weighted by molar-refractivity contribution is 7.12. The monoisotopic (exact) mass is 285 g/mol. The molecule has 0 spiro atoms. The van der Waals surface area contributed by atoms with Crippen LogP contribution in [0.4, 0.5) is 0 Å². The molecule has 0 atom stereocenters. The maximum absolute atomic E-state index is 11.8. The fourth-order valence-electron chi connectivity index (χ4n) is 1.94. The van der Waals surface area contributed by atoms with Gasteiger partial charge in [-0.2, -0.15) is 0 Å². The average molecular weight is 285 g/mol. The third-order valence-electron chi connectivity index (χ3n) is 2.89. The van der Waals surface area contributed by atoms with Crippen LogP contribution in [-0.4, -0.2) is 18.8 Å². The Kier molecular flexibility index (Phi) is 3.35. The molecule has 3 rings (SSSR count). The third kappa shape index (κ3) is 2.23. The van der Waals surface area contributed by atoms with E-state index < -0.39 is 5.97 Å². The summed E-state index contributed by atoms with van der Waals surface area (Å²) in [4.78, 5) is 17.5. The summed E-state index contributed by atoms with van der Waals surface area (Å²) in [5, 5.41) is 5.79. The summed E-state index contributed by atoms with van der Waals surface area (Å²) in [7, 11) is 1.60. The summed E-state index contributed by atoms with van der Waals surface area (Å²) in [6.45, 7) is 0. The predicted molar refractivity (Wildman–Crippen MR) is 77.9 cm³/mol. The Hall–Kier alpha value is -2.40. The number of methoxy groups -OCH3 is 1. The number of nitrogens with zero attached hydrogens (tertiary/aromatic N) is 1. The third-order valence-corrected chi connectivity index (χ3v) is 3.76. The molecule has 0 saturated carbocycles. The maximum Gasteiger partial charge on any atom is 0.368 e. The van der Waals surface area contributed by atoms with Crippen molar-refractivity contribution in [2.75, 3.05) is 7.11 Å².